The van der Waals surface area contributed by atoms with Crippen molar-refractivity contribution in [2.45, 2.75) is 19.4 Å². The molecule has 1 fully saturated rings. The molecule has 1 heterocycles. The first kappa shape index (κ1) is 11.5. The van der Waals surface area contributed by atoms with Crippen LogP contribution in [0.3, 0.4) is 0 Å². The summed E-state index contributed by atoms with van der Waals surface area (Å²) in [5.74, 6) is 1.29. The predicted octanol–water partition coefficient (Wildman–Crippen LogP) is 2.98. The van der Waals surface area contributed by atoms with Gasteiger partial charge in [-0.3, -0.25) is 0 Å². The number of methoxy groups -OCH3 is 1. The zero-order valence-electron chi connectivity index (χ0n) is 10.0. The van der Waals surface area contributed by atoms with Crippen molar-refractivity contribution in [3.63, 3.8) is 0 Å². The van der Waals surface area contributed by atoms with Gasteiger partial charge in [0.05, 0.1) is 7.11 Å². The second-order valence-corrected chi connectivity index (χ2v) is 4.25. The highest BCUT2D eigenvalue weighted by molar-refractivity contribution is 5.69. The Bertz CT molecular complexity index is 457. The van der Waals surface area contributed by atoms with Crippen LogP contribution >= 0.6 is 0 Å². The first-order valence-corrected chi connectivity index (χ1v) is 5.28. The lowest BCUT2D eigenvalue weighted by Crippen LogP contribution is -2.20. The minimum atomic E-state index is -0.711. The predicted molar refractivity (Wildman–Crippen MR) is 62.6 cm³/mol. The van der Waals surface area contributed by atoms with Crippen LogP contribution in [0.2, 0.25) is 0 Å². The van der Waals surface area contributed by atoms with E-state index in [4.69, 9.17) is 14.2 Å². The molecule has 1 aliphatic rings. The van der Waals surface area contributed by atoms with Crippen LogP contribution in [0.1, 0.15) is 19.4 Å². The average molecular weight is 234 g/mol. The maximum Gasteiger partial charge on any atom is 0.514 e. The van der Waals surface area contributed by atoms with E-state index >= 15 is 0 Å². The molecular weight excluding hydrogens is 220 g/mol. The molecule has 1 aromatic rings. The average Bonchev–Trinajstić information content (AvgIpc) is 2.53. The maximum absolute atomic E-state index is 11.1. The molecule has 0 aliphatic carbocycles. The Morgan fingerprint density at radius 1 is 1.24 bits per heavy atom. The fourth-order valence-corrected chi connectivity index (χ4v) is 1.55. The Balaban J connectivity index is 2.26. The molecule has 0 spiro atoms. The molecule has 0 aromatic heterocycles. The van der Waals surface area contributed by atoms with Crippen molar-refractivity contribution in [2.75, 3.05) is 7.11 Å². The second kappa shape index (κ2) is 4.13. The van der Waals surface area contributed by atoms with Crippen LogP contribution in [0.4, 0.5) is 4.79 Å². The highest BCUT2D eigenvalue weighted by Crippen LogP contribution is 2.31. The van der Waals surface area contributed by atoms with E-state index in [0.717, 1.165) is 11.3 Å². The number of carbonyl (C=O) groups is 1. The fraction of sp³-hybridized carbons (Fsp3) is 0.308. The topological polar surface area (TPSA) is 44.8 Å². The van der Waals surface area contributed by atoms with Gasteiger partial charge in [0, 0.05) is 0 Å². The van der Waals surface area contributed by atoms with E-state index in [-0.39, 0.29) is 0 Å². The second-order valence-electron chi connectivity index (χ2n) is 4.25. The first-order valence-electron chi connectivity index (χ1n) is 5.28. The Kier molecular flexibility index (Phi) is 2.79. The molecule has 1 aromatic carbocycles. The summed E-state index contributed by atoms with van der Waals surface area (Å²) in [6, 6.07) is 7.45. The third kappa shape index (κ3) is 2.41. The minimum absolute atomic E-state index is 0.507. The summed E-state index contributed by atoms with van der Waals surface area (Å²) in [4.78, 5) is 11.1. The van der Waals surface area contributed by atoms with Crippen molar-refractivity contribution in [3.05, 3.63) is 35.6 Å². The zero-order valence-corrected chi connectivity index (χ0v) is 10.0. The van der Waals surface area contributed by atoms with E-state index < -0.39 is 11.8 Å². The molecule has 90 valence electrons. The molecule has 0 unspecified atom stereocenters. The van der Waals surface area contributed by atoms with E-state index in [1.165, 1.54) is 0 Å². The van der Waals surface area contributed by atoms with Crippen molar-refractivity contribution < 1.29 is 19.0 Å². The summed E-state index contributed by atoms with van der Waals surface area (Å²) < 4.78 is 15.1. The molecule has 0 radical (unpaired) electrons. The van der Waals surface area contributed by atoms with Crippen molar-refractivity contribution >= 4 is 12.2 Å². The van der Waals surface area contributed by atoms with Crippen LogP contribution < -0.4 is 4.74 Å². The molecule has 17 heavy (non-hydrogen) atoms. The van der Waals surface area contributed by atoms with E-state index in [1.54, 1.807) is 27.0 Å². The molecule has 1 saturated heterocycles. The molecule has 4 heteroatoms. The normalized spacial score (nSPS) is 19.9. The summed E-state index contributed by atoms with van der Waals surface area (Å²) in [6.45, 7) is 3.57. The molecular formula is C13H14O4. The van der Waals surface area contributed by atoms with Gasteiger partial charge < -0.3 is 14.2 Å². The van der Waals surface area contributed by atoms with Crippen LogP contribution in [0.15, 0.2) is 30.0 Å². The van der Waals surface area contributed by atoms with Crippen molar-refractivity contribution in [3.8, 4) is 5.75 Å². The number of carbonyl (C=O) groups excluding carboxylic acids is 1. The summed E-state index contributed by atoms with van der Waals surface area (Å²) in [5, 5.41) is 0. The van der Waals surface area contributed by atoms with Gasteiger partial charge in [-0.1, -0.05) is 12.1 Å². The number of ether oxygens (including phenoxy) is 3. The van der Waals surface area contributed by atoms with Gasteiger partial charge in [0.15, 0.2) is 11.4 Å². The van der Waals surface area contributed by atoms with Gasteiger partial charge >= 0.3 is 6.16 Å². The summed E-state index contributed by atoms with van der Waals surface area (Å²) in [6.07, 6.45) is 1.12. The quantitative estimate of drug-likeness (QED) is 0.738. The molecule has 0 saturated carbocycles. The minimum Gasteiger partial charge on any atom is -0.497 e. The van der Waals surface area contributed by atoms with Gasteiger partial charge in [-0.25, -0.2) is 4.79 Å². The molecule has 0 amide bonds. The lowest BCUT2D eigenvalue weighted by atomic mass is 10.0. The number of benzene rings is 1. The smallest absolute Gasteiger partial charge is 0.497 e. The zero-order chi connectivity index (χ0) is 12.5. The number of hydrogen-bond acceptors (Lipinski definition) is 4. The number of hydrogen-bond donors (Lipinski definition) is 0. The number of cyclic esters (lactones) is 2. The first-order chi connectivity index (χ1) is 8.01. The van der Waals surface area contributed by atoms with Crippen molar-refractivity contribution in [1.29, 1.82) is 0 Å². The summed E-state index contributed by atoms with van der Waals surface area (Å²) in [7, 11) is 1.61. The van der Waals surface area contributed by atoms with E-state index in [2.05, 4.69) is 0 Å². The Hall–Kier alpha value is -1.97. The number of rotatable bonds is 2. The van der Waals surface area contributed by atoms with Gasteiger partial charge in [-0.05, 0) is 37.6 Å². The van der Waals surface area contributed by atoms with Gasteiger partial charge in [0.2, 0.25) is 0 Å². The molecule has 0 atom stereocenters. The van der Waals surface area contributed by atoms with Crippen molar-refractivity contribution in [1.82, 2.24) is 0 Å². The molecule has 0 bridgehead atoms. The summed E-state index contributed by atoms with van der Waals surface area (Å²) in [5.41, 5.74) is 0.212. The third-order valence-corrected chi connectivity index (χ3v) is 2.54. The standard InChI is InChI=1S/C13H14O4/c1-13(2)11(16-12(14)17-13)8-9-4-6-10(15-3)7-5-9/h4-8H,1-3H3/b11-8-. The van der Waals surface area contributed by atoms with E-state index in [9.17, 15) is 4.79 Å². The molecule has 4 nitrogen and oxygen atoms in total. The Morgan fingerprint density at radius 3 is 2.35 bits per heavy atom. The Labute approximate surface area is 99.8 Å². The van der Waals surface area contributed by atoms with Crippen LogP contribution in [-0.4, -0.2) is 18.9 Å². The van der Waals surface area contributed by atoms with Crippen LogP contribution in [-0.2, 0) is 9.47 Å². The summed E-state index contributed by atoms with van der Waals surface area (Å²) >= 11 is 0. The third-order valence-electron chi connectivity index (χ3n) is 2.54. The molecule has 2 rings (SSSR count). The van der Waals surface area contributed by atoms with Crippen LogP contribution in [0, 0.1) is 0 Å². The highest BCUT2D eigenvalue weighted by Gasteiger charge is 2.39. The van der Waals surface area contributed by atoms with Gasteiger partial charge in [0.25, 0.3) is 0 Å². The largest absolute Gasteiger partial charge is 0.514 e. The van der Waals surface area contributed by atoms with E-state index in [1.807, 2.05) is 24.3 Å². The van der Waals surface area contributed by atoms with Gasteiger partial charge in [-0.2, -0.15) is 0 Å². The molecule has 1 aliphatic heterocycles. The Morgan fingerprint density at radius 2 is 1.88 bits per heavy atom. The fourth-order valence-electron chi connectivity index (χ4n) is 1.55. The maximum atomic E-state index is 11.1. The lowest BCUT2D eigenvalue weighted by molar-refractivity contribution is 0.0873. The van der Waals surface area contributed by atoms with Crippen LogP contribution in [0.5, 0.6) is 5.75 Å². The van der Waals surface area contributed by atoms with Gasteiger partial charge in [-0.15, -0.1) is 0 Å². The van der Waals surface area contributed by atoms with E-state index in [0.29, 0.717) is 5.76 Å². The highest BCUT2D eigenvalue weighted by atomic mass is 16.8. The monoisotopic (exact) mass is 234 g/mol. The molecule has 0 N–H and O–H groups in total. The SMILES string of the molecule is COc1ccc(/C=C2\OC(=O)OC2(C)C)cc1. The van der Waals surface area contributed by atoms with Gasteiger partial charge in [0.1, 0.15) is 5.75 Å². The van der Waals surface area contributed by atoms with Crippen molar-refractivity contribution in [2.24, 2.45) is 0 Å². The van der Waals surface area contributed by atoms with Crippen LogP contribution in [0.25, 0.3) is 6.08 Å². The lowest BCUT2D eigenvalue weighted by Gasteiger charge is -2.13.